The molecule has 0 spiro atoms. The lowest BCUT2D eigenvalue weighted by atomic mass is 10.1. The molecule has 0 saturated heterocycles. The van der Waals surface area contributed by atoms with E-state index in [1.54, 1.807) is 39.0 Å². The van der Waals surface area contributed by atoms with Gasteiger partial charge >= 0.3 is 5.97 Å². The van der Waals surface area contributed by atoms with Crippen LogP contribution in [0.15, 0.2) is 24.3 Å². The molecule has 1 aromatic rings. The molecule has 0 aliphatic heterocycles. The van der Waals surface area contributed by atoms with Gasteiger partial charge in [0.25, 0.3) is 10.2 Å². The number of carbonyl (C=O) groups is 1. The van der Waals surface area contributed by atoms with E-state index in [0.29, 0.717) is 12.0 Å². The molecule has 20 heavy (non-hydrogen) atoms. The number of benzene rings is 1. The monoisotopic (exact) mass is 300 g/mol. The van der Waals surface area contributed by atoms with Gasteiger partial charge in [-0.15, -0.1) is 0 Å². The van der Waals surface area contributed by atoms with Gasteiger partial charge in [-0.2, -0.15) is 13.1 Å². The zero-order valence-corrected chi connectivity index (χ0v) is 12.6. The van der Waals surface area contributed by atoms with Crippen LogP contribution in [0.25, 0.3) is 0 Å². The lowest BCUT2D eigenvalue weighted by Gasteiger charge is -2.20. The molecule has 0 atom stereocenters. The fourth-order valence-electron chi connectivity index (χ4n) is 1.71. The molecule has 0 aliphatic carbocycles. The molecule has 3 N–H and O–H groups in total. The molecule has 0 heterocycles. The molecule has 0 unspecified atom stereocenters. The summed E-state index contributed by atoms with van der Waals surface area (Å²) in [6.45, 7) is 5.36. The lowest BCUT2D eigenvalue weighted by Crippen LogP contribution is -2.47. The smallest absolute Gasteiger partial charge is 0.335 e. The second-order valence-corrected chi connectivity index (χ2v) is 6.96. The fraction of sp³-hybridized carbons (Fsp3) is 0.462. The highest BCUT2D eigenvalue weighted by Gasteiger charge is 2.19. The maximum absolute atomic E-state index is 11.7. The van der Waals surface area contributed by atoms with Crippen LogP contribution >= 0.6 is 0 Å². The zero-order chi connectivity index (χ0) is 15.4. The molecule has 7 heteroatoms. The van der Waals surface area contributed by atoms with Crippen LogP contribution in [0.2, 0.25) is 0 Å². The fourth-order valence-corrected chi connectivity index (χ4v) is 2.96. The Balaban J connectivity index is 2.64. The highest BCUT2D eigenvalue weighted by Crippen LogP contribution is 2.09. The highest BCUT2D eigenvalue weighted by molar-refractivity contribution is 7.87. The van der Waals surface area contributed by atoms with Crippen molar-refractivity contribution < 1.29 is 18.3 Å². The van der Waals surface area contributed by atoms with E-state index >= 15 is 0 Å². The second-order valence-electron chi connectivity index (χ2n) is 5.46. The van der Waals surface area contributed by atoms with E-state index in [1.165, 1.54) is 6.07 Å². The van der Waals surface area contributed by atoms with Crippen molar-refractivity contribution in [1.29, 1.82) is 0 Å². The van der Waals surface area contributed by atoms with Gasteiger partial charge in [-0.1, -0.05) is 18.2 Å². The van der Waals surface area contributed by atoms with Gasteiger partial charge in [0.2, 0.25) is 0 Å². The van der Waals surface area contributed by atoms with Gasteiger partial charge < -0.3 is 5.11 Å². The number of aromatic carboxylic acids is 1. The van der Waals surface area contributed by atoms with Crippen LogP contribution in [-0.2, 0) is 16.6 Å². The molecule has 0 amide bonds. The molecular weight excluding hydrogens is 280 g/mol. The maximum atomic E-state index is 11.7. The van der Waals surface area contributed by atoms with Crippen molar-refractivity contribution in [2.24, 2.45) is 0 Å². The van der Waals surface area contributed by atoms with E-state index in [4.69, 9.17) is 5.11 Å². The zero-order valence-electron chi connectivity index (χ0n) is 11.8. The molecule has 0 aromatic heterocycles. The number of carboxylic acid groups (broad SMARTS) is 1. The van der Waals surface area contributed by atoms with Crippen LogP contribution in [0.1, 0.15) is 36.7 Å². The van der Waals surface area contributed by atoms with Crippen LogP contribution in [0.4, 0.5) is 0 Å². The summed E-state index contributed by atoms with van der Waals surface area (Å²) >= 11 is 0. The summed E-state index contributed by atoms with van der Waals surface area (Å²) in [4.78, 5) is 11.0. The molecular formula is C13H20N2O4S. The highest BCUT2D eigenvalue weighted by atomic mass is 32.2. The predicted molar refractivity (Wildman–Crippen MR) is 76.9 cm³/mol. The van der Waals surface area contributed by atoms with Crippen molar-refractivity contribution in [2.45, 2.75) is 32.7 Å². The Morgan fingerprint density at radius 1 is 1.25 bits per heavy atom. The predicted octanol–water partition coefficient (Wildman–Crippen LogP) is 1.15. The average Bonchev–Trinajstić information content (AvgIpc) is 2.25. The van der Waals surface area contributed by atoms with Gasteiger partial charge in [0.05, 0.1) is 5.56 Å². The first-order valence-electron chi connectivity index (χ1n) is 6.20. The first kappa shape index (κ1) is 16.6. The molecule has 0 radical (unpaired) electrons. The molecule has 6 nitrogen and oxygen atoms in total. The quantitative estimate of drug-likeness (QED) is 0.734. The first-order chi connectivity index (χ1) is 9.11. The normalized spacial score (nSPS) is 12.3. The largest absolute Gasteiger partial charge is 0.478 e. The SMILES string of the molecule is CC(C)(C)NS(=O)(=O)NCCc1ccccc1C(=O)O. The van der Waals surface area contributed by atoms with Gasteiger partial charge in [0.15, 0.2) is 0 Å². The number of nitrogens with one attached hydrogen (secondary N) is 2. The summed E-state index contributed by atoms with van der Waals surface area (Å²) in [5.74, 6) is -1.02. The van der Waals surface area contributed by atoms with E-state index in [1.807, 2.05) is 0 Å². The molecule has 1 rings (SSSR count). The van der Waals surface area contributed by atoms with Gasteiger partial charge in [-0.3, -0.25) is 0 Å². The Morgan fingerprint density at radius 3 is 2.40 bits per heavy atom. The summed E-state index contributed by atoms with van der Waals surface area (Å²) in [5.41, 5.74) is 0.221. The summed E-state index contributed by atoms with van der Waals surface area (Å²) in [6.07, 6.45) is 0.313. The number of carboxylic acids is 1. The van der Waals surface area contributed by atoms with Crippen LogP contribution in [0, 0.1) is 0 Å². The van der Waals surface area contributed by atoms with E-state index in [0.717, 1.165) is 0 Å². The molecule has 0 fully saturated rings. The molecule has 112 valence electrons. The van der Waals surface area contributed by atoms with Crippen molar-refractivity contribution >= 4 is 16.2 Å². The third-order valence-electron chi connectivity index (χ3n) is 2.37. The Bertz CT molecular complexity index is 576. The summed E-state index contributed by atoms with van der Waals surface area (Å²) in [7, 11) is -3.59. The van der Waals surface area contributed by atoms with Gasteiger partial charge in [0.1, 0.15) is 0 Å². The number of hydrogen-bond acceptors (Lipinski definition) is 3. The Morgan fingerprint density at radius 2 is 1.85 bits per heavy atom. The third-order valence-corrected chi connectivity index (χ3v) is 3.84. The minimum atomic E-state index is -3.59. The molecule has 0 saturated carbocycles. The van der Waals surface area contributed by atoms with Crippen molar-refractivity contribution in [3.63, 3.8) is 0 Å². The van der Waals surface area contributed by atoms with Crippen LogP contribution in [0.5, 0.6) is 0 Å². The number of rotatable bonds is 6. The first-order valence-corrected chi connectivity index (χ1v) is 7.69. The van der Waals surface area contributed by atoms with Crippen molar-refractivity contribution in [1.82, 2.24) is 9.44 Å². The van der Waals surface area contributed by atoms with Crippen LogP contribution in [0.3, 0.4) is 0 Å². The van der Waals surface area contributed by atoms with Gasteiger partial charge in [-0.25, -0.2) is 9.52 Å². The molecule has 0 bridgehead atoms. The summed E-state index contributed by atoms with van der Waals surface area (Å²) < 4.78 is 28.3. The van der Waals surface area contributed by atoms with Crippen molar-refractivity contribution in [2.75, 3.05) is 6.54 Å². The third kappa shape index (κ3) is 5.68. The van der Waals surface area contributed by atoms with Gasteiger partial charge in [0, 0.05) is 12.1 Å². The summed E-state index contributed by atoms with van der Waals surface area (Å²) in [5, 5.41) is 9.03. The minimum absolute atomic E-state index is 0.135. The lowest BCUT2D eigenvalue weighted by molar-refractivity contribution is 0.0695. The van der Waals surface area contributed by atoms with E-state index in [2.05, 4.69) is 9.44 Å². The number of hydrogen-bond donors (Lipinski definition) is 3. The van der Waals surface area contributed by atoms with Crippen molar-refractivity contribution in [3.8, 4) is 0 Å². The Kier molecular flexibility index (Phi) is 5.27. The maximum Gasteiger partial charge on any atom is 0.335 e. The summed E-state index contributed by atoms with van der Waals surface area (Å²) in [6, 6.07) is 6.54. The van der Waals surface area contributed by atoms with Crippen LogP contribution in [-0.4, -0.2) is 31.6 Å². The average molecular weight is 300 g/mol. The standard InChI is InChI=1S/C13H20N2O4S/c1-13(2,3)15-20(18,19)14-9-8-10-6-4-5-7-11(10)12(16)17/h4-7,14-15H,8-9H2,1-3H3,(H,16,17). The van der Waals surface area contributed by atoms with E-state index in [9.17, 15) is 13.2 Å². The van der Waals surface area contributed by atoms with Gasteiger partial charge in [-0.05, 0) is 38.8 Å². The van der Waals surface area contributed by atoms with E-state index < -0.39 is 21.7 Å². The van der Waals surface area contributed by atoms with E-state index in [-0.39, 0.29) is 12.1 Å². The molecule has 1 aromatic carbocycles. The Hall–Kier alpha value is -1.44. The topological polar surface area (TPSA) is 95.5 Å². The minimum Gasteiger partial charge on any atom is -0.478 e. The second kappa shape index (κ2) is 6.34. The molecule has 0 aliphatic rings. The van der Waals surface area contributed by atoms with Crippen LogP contribution < -0.4 is 9.44 Å². The Labute approximate surface area is 119 Å². The van der Waals surface area contributed by atoms with Crippen molar-refractivity contribution in [3.05, 3.63) is 35.4 Å².